The minimum atomic E-state index is -0.323. The van der Waals surface area contributed by atoms with E-state index >= 15 is 0 Å². The van der Waals surface area contributed by atoms with Gasteiger partial charge in [0.05, 0.1) is 18.3 Å². The molecule has 1 N–H and O–H groups in total. The third kappa shape index (κ3) is 3.01. The first kappa shape index (κ1) is 16.8. The molecule has 1 aromatic carbocycles. The van der Waals surface area contributed by atoms with Crippen molar-refractivity contribution in [3.8, 4) is 5.75 Å². The minimum Gasteiger partial charge on any atom is -0.497 e. The summed E-state index contributed by atoms with van der Waals surface area (Å²) in [4.78, 5) is 29.8. The third-order valence-electron chi connectivity index (χ3n) is 4.21. The van der Waals surface area contributed by atoms with Crippen LogP contribution in [0.1, 0.15) is 5.69 Å². The molecule has 4 rings (SSSR count). The van der Waals surface area contributed by atoms with Crippen LogP contribution in [0.2, 0.25) is 0 Å². The van der Waals surface area contributed by atoms with Gasteiger partial charge in [-0.05, 0) is 37.3 Å². The van der Waals surface area contributed by atoms with Gasteiger partial charge < -0.3 is 10.1 Å². The topological polar surface area (TPSA) is 90.5 Å². The van der Waals surface area contributed by atoms with Gasteiger partial charge in [-0.2, -0.15) is 5.10 Å². The number of hydrogen-bond acceptors (Lipinski definition) is 5. The van der Waals surface area contributed by atoms with E-state index in [2.05, 4.69) is 15.4 Å². The van der Waals surface area contributed by atoms with Crippen molar-refractivity contribution in [2.24, 2.45) is 0 Å². The molecule has 0 atom stereocenters. The number of pyridine rings is 1. The maximum atomic E-state index is 12.9. The fourth-order valence-electron chi connectivity index (χ4n) is 3.03. The number of methoxy groups -OCH3 is 1. The molecule has 1 amide bonds. The Hall–Kier alpha value is -3.68. The fraction of sp³-hybridized carbons (Fsp3) is 0.158. The molecule has 3 heterocycles. The summed E-state index contributed by atoms with van der Waals surface area (Å²) >= 11 is 0. The van der Waals surface area contributed by atoms with E-state index in [-0.39, 0.29) is 18.0 Å². The number of fused-ring (bicyclic) bond motifs is 3. The zero-order chi connectivity index (χ0) is 19.0. The predicted molar refractivity (Wildman–Crippen MR) is 101 cm³/mol. The first-order chi connectivity index (χ1) is 13.1. The second-order valence-electron chi connectivity index (χ2n) is 6.10. The molecule has 0 unspecified atom stereocenters. The van der Waals surface area contributed by atoms with Gasteiger partial charge in [-0.25, -0.2) is 9.50 Å². The molecule has 27 heavy (non-hydrogen) atoms. The number of ether oxygens (including phenoxy) is 1. The van der Waals surface area contributed by atoms with Gasteiger partial charge in [0, 0.05) is 18.0 Å². The molecule has 4 aromatic rings. The third-order valence-corrected chi connectivity index (χ3v) is 4.21. The number of benzene rings is 1. The van der Waals surface area contributed by atoms with Gasteiger partial charge in [0.25, 0.3) is 5.56 Å². The second kappa shape index (κ2) is 6.56. The second-order valence-corrected chi connectivity index (χ2v) is 6.10. The maximum absolute atomic E-state index is 12.9. The Labute approximate surface area is 154 Å². The van der Waals surface area contributed by atoms with Crippen LogP contribution in [0.15, 0.2) is 53.5 Å². The van der Waals surface area contributed by atoms with E-state index in [0.29, 0.717) is 33.8 Å². The first-order valence-corrected chi connectivity index (χ1v) is 8.34. The van der Waals surface area contributed by atoms with Gasteiger partial charge in [-0.15, -0.1) is 0 Å². The number of nitrogens with one attached hydrogen (secondary N) is 1. The standard InChI is InChI=1S/C19H17N5O3/c1-12-9-16-19(26)23(15-7-4-8-20-18(15)24(16)22-12)11-17(25)21-13-5-3-6-14(10-13)27-2/h3-10H,11H2,1-2H3,(H,21,25). The highest BCUT2D eigenvalue weighted by Crippen LogP contribution is 2.17. The summed E-state index contributed by atoms with van der Waals surface area (Å²) < 4.78 is 8.09. The predicted octanol–water partition coefficient (Wildman–Crippen LogP) is 2.00. The summed E-state index contributed by atoms with van der Waals surface area (Å²) in [5, 5.41) is 7.12. The van der Waals surface area contributed by atoms with E-state index < -0.39 is 0 Å². The van der Waals surface area contributed by atoms with Crippen molar-refractivity contribution < 1.29 is 9.53 Å². The molecule has 0 aliphatic heterocycles. The number of amides is 1. The number of carbonyl (C=O) groups excluding carboxylic acids is 1. The van der Waals surface area contributed by atoms with Gasteiger partial charge >= 0.3 is 0 Å². The quantitative estimate of drug-likeness (QED) is 0.599. The fourth-order valence-corrected chi connectivity index (χ4v) is 3.03. The van der Waals surface area contributed by atoms with Gasteiger partial charge in [-0.1, -0.05) is 6.07 Å². The van der Waals surface area contributed by atoms with Crippen LogP contribution < -0.4 is 15.6 Å². The van der Waals surface area contributed by atoms with Gasteiger partial charge in [0.1, 0.15) is 17.8 Å². The Balaban J connectivity index is 1.75. The van der Waals surface area contributed by atoms with Crippen LogP contribution >= 0.6 is 0 Å². The molecule has 0 bridgehead atoms. The van der Waals surface area contributed by atoms with Gasteiger partial charge in [0.15, 0.2) is 5.65 Å². The van der Waals surface area contributed by atoms with Crippen molar-refractivity contribution in [2.75, 3.05) is 12.4 Å². The molecular formula is C19H17N5O3. The SMILES string of the molecule is COc1cccc(NC(=O)Cn2c(=O)c3cc(C)nn3c3ncccc32)c1. The van der Waals surface area contributed by atoms with Crippen LogP contribution in [0.25, 0.3) is 16.7 Å². The number of carbonyl (C=O) groups is 1. The van der Waals surface area contributed by atoms with E-state index in [0.717, 1.165) is 0 Å². The highest BCUT2D eigenvalue weighted by Gasteiger charge is 2.15. The van der Waals surface area contributed by atoms with Crippen LogP contribution in [0.3, 0.4) is 0 Å². The monoisotopic (exact) mass is 363 g/mol. The Morgan fingerprint density at radius 2 is 2.04 bits per heavy atom. The molecule has 8 nitrogen and oxygen atoms in total. The van der Waals surface area contributed by atoms with Crippen LogP contribution in [0.5, 0.6) is 5.75 Å². The Morgan fingerprint density at radius 3 is 2.85 bits per heavy atom. The van der Waals surface area contributed by atoms with Crippen molar-refractivity contribution in [2.45, 2.75) is 13.5 Å². The zero-order valence-corrected chi connectivity index (χ0v) is 14.8. The molecule has 0 saturated heterocycles. The molecule has 136 valence electrons. The highest BCUT2D eigenvalue weighted by atomic mass is 16.5. The van der Waals surface area contributed by atoms with Crippen molar-refractivity contribution >= 4 is 28.3 Å². The first-order valence-electron chi connectivity index (χ1n) is 8.34. The van der Waals surface area contributed by atoms with Crippen LogP contribution in [0, 0.1) is 6.92 Å². The molecule has 0 aliphatic rings. The largest absolute Gasteiger partial charge is 0.497 e. The summed E-state index contributed by atoms with van der Waals surface area (Å²) in [5.74, 6) is 0.312. The Morgan fingerprint density at radius 1 is 1.19 bits per heavy atom. The summed E-state index contributed by atoms with van der Waals surface area (Å²) in [6.45, 7) is 1.67. The lowest BCUT2D eigenvalue weighted by Crippen LogP contribution is -2.29. The van der Waals surface area contributed by atoms with Crippen molar-refractivity contribution in [1.29, 1.82) is 0 Å². The van der Waals surface area contributed by atoms with Crippen molar-refractivity contribution in [1.82, 2.24) is 19.2 Å². The lowest BCUT2D eigenvalue weighted by molar-refractivity contribution is -0.116. The summed E-state index contributed by atoms with van der Waals surface area (Å²) in [6, 6.07) is 12.2. The normalized spacial score (nSPS) is 11.0. The summed E-state index contributed by atoms with van der Waals surface area (Å²) in [7, 11) is 1.56. The number of rotatable bonds is 4. The van der Waals surface area contributed by atoms with Crippen molar-refractivity contribution in [3.05, 3.63) is 64.7 Å². The van der Waals surface area contributed by atoms with Gasteiger partial charge in [0.2, 0.25) is 5.91 Å². The van der Waals surface area contributed by atoms with Crippen LogP contribution in [-0.2, 0) is 11.3 Å². The van der Waals surface area contributed by atoms with E-state index in [1.807, 2.05) is 0 Å². The Kier molecular flexibility index (Phi) is 4.08. The number of anilines is 1. The maximum Gasteiger partial charge on any atom is 0.277 e. The highest BCUT2D eigenvalue weighted by molar-refractivity contribution is 5.91. The number of nitrogens with zero attached hydrogens (tertiary/aromatic N) is 4. The zero-order valence-electron chi connectivity index (χ0n) is 14.8. The number of hydrogen-bond donors (Lipinski definition) is 1. The molecular weight excluding hydrogens is 346 g/mol. The van der Waals surface area contributed by atoms with E-state index in [1.54, 1.807) is 62.7 Å². The van der Waals surface area contributed by atoms with Crippen LogP contribution in [-0.4, -0.2) is 32.2 Å². The van der Waals surface area contributed by atoms with Crippen molar-refractivity contribution in [3.63, 3.8) is 0 Å². The average molecular weight is 363 g/mol. The van der Waals surface area contributed by atoms with E-state index in [1.165, 1.54) is 9.08 Å². The molecule has 0 aliphatic carbocycles. The average Bonchev–Trinajstić information content (AvgIpc) is 3.07. The molecule has 3 aromatic heterocycles. The minimum absolute atomic E-state index is 0.140. The lowest BCUT2D eigenvalue weighted by atomic mass is 10.3. The van der Waals surface area contributed by atoms with Gasteiger partial charge in [-0.3, -0.25) is 14.2 Å². The molecule has 8 heteroatoms. The summed E-state index contributed by atoms with van der Waals surface area (Å²) in [5.41, 5.74) is 2.45. The lowest BCUT2D eigenvalue weighted by Gasteiger charge is -2.12. The molecule has 0 radical (unpaired) electrons. The Bertz CT molecular complexity index is 1230. The molecule has 0 spiro atoms. The smallest absolute Gasteiger partial charge is 0.277 e. The number of aromatic nitrogens is 4. The molecule has 0 saturated carbocycles. The summed E-state index contributed by atoms with van der Waals surface area (Å²) in [6.07, 6.45) is 1.63. The van der Waals surface area contributed by atoms with E-state index in [9.17, 15) is 9.59 Å². The van der Waals surface area contributed by atoms with E-state index in [4.69, 9.17) is 4.74 Å². The number of aryl methyl sites for hydroxylation is 1. The molecule has 0 fully saturated rings. The van der Waals surface area contributed by atoms with Crippen LogP contribution in [0.4, 0.5) is 5.69 Å².